The quantitative estimate of drug-likeness (QED) is 0.323. The van der Waals surface area contributed by atoms with Crippen LogP contribution in [0.5, 0.6) is 0 Å². The monoisotopic (exact) mass is 623 g/mol. The van der Waals surface area contributed by atoms with Crippen LogP contribution < -0.4 is 5.32 Å². The van der Waals surface area contributed by atoms with Gasteiger partial charge in [0.1, 0.15) is 18.2 Å². The lowest BCUT2D eigenvalue weighted by Crippen LogP contribution is -2.53. The maximum atomic E-state index is 13.7. The van der Waals surface area contributed by atoms with Gasteiger partial charge in [0.25, 0.3) is 0 Å². The molecule has 240 valence electrons. The first-order chi connectivity index (χ1) is 21.6. The Hall–Kier alpha value is -4.29. The first-order valence-corrected chi connectivity index (χ1v) is 15.0. The number of hydrogen-bond acceptors (Lipinski definition) is 11. The summed E-state index contributed by atoms with van der Waals surface area (Å²) < 4.78 is 35.7. The molecule has 2 aliphatic carbocycles. The predicted octanol–water partition coefficient (Wildman–Crippen LogP) is 3.38. The summed E-state index contributed by atoms with van der Waals surface area (Å²) in [5.41, 5.74) is 0.761. The Morgan fingerprint density at radius 1 is 0.689 bits per heavy atom. The minimum absolute atomic E-state index is 0.380. The number of carbonyl (C=O) groups is 5. The molecule has 0 aromatic heterocycles. The summed E-state index contributed by atoms with van der Waals surface area (Å²) in [6.07, 6.45) is -3.26. The van der Waals surface area contributed by atoms with Gasteiger partial charge in [-0.25, -0.2) is 9.59 Å². The van der Waals surface area contributed by atoms with Crippen LogP contribution in [0.25, 0.3) is 0 Å². The lowest BCUT2D eigenvalue weighted by Gasteiger charge is -2.36. The van der Waals surface area contributed by atoms with Gasteiger partial charge >= 0.3 is 23.9 Å². The lowest BCUT2D eigenvalue weighted by atomic mass is 9.94. The third-order valence-electron chi connectivity index (χ3n) is 8.07. The Labute approximate surface area is 260 Å². The second-order valence-corrected chi connectivity index (χ2v) is 11.5. The molecule has 2 aromatic rings. The summed E-state index contributed by atoms with van der Waals surface area (Å²) in [7, 11) is 0. The molecular formula is C33H37NO11. The van der Waals surface area contributed by atoms with Gasteiger partial charge in [-0.15, -0.1) is 0 Å². The van der Waals surface area contributed by atoms with Gasteiger partial charge in [-0.3, -0.25) is 14.4 Å². The maximum absolute atomic E-state index is 13.7. The highest BCUT2D eigenvalue weighted by Gasteiger charge is 2.65. The van der Waals surface area contributed by atoms with Crippen LogP contribution in [0.1, 0.15) is 76.2 Å². The number of esters is 4. The van der Waals surface area contributed by atoms with Gasteiger partial charge in [-0.05, 0) is 12.8 Å². The van der Waals surface area contributed by atoms with E-state index in [0.717, 1.165) is 19.3 Å². The number of ether oxygens (including phenoxy) is 6. The predicted molar refractivity (Wildman–Crippen MR) is 155 cm³/mol. The van der Waals surface area contributed by atoms with Crippen LogP contribution in [0.15, 0.2) is 60.7 Å². The fraction of sp³-hybridized carbons (Fsp3) is 0.485. The summed E-state index contributed by atoms with van der Waals surface area (Å²) in [6.45, 7) is 3.63. The van der Waals surface area contributed by atoms with Crippen LogP contribution in [-0.2, 0) is 52.4 Å². The molecule has 1 amide bonds. The summed E-state index contributed by atoms with van der Waals surface area (Å²) in [5.74, 6) is -4.69. The maximum Gasteiger partial charge on any atom is 0.352 e. The zero-order valence-corrected chi connectivity index (χ0v) is 25.3. The van der Waals surface area contributed by atoms with Gasteiger partial charge in [0.15, 0.2) is 18.0 Å². The number of carbonyl (C=O) groups excluding carboxylic acids is 5. The molecule has 1 N–H and O–H groups in total. The zero-order chi connectivity index (χ0) is 32.1. The van der Waals surface area contributed by atoms with Gasteiger partial charge < -0.3 is 33.7 Å². The fourth-order valence-corrected chi connectivity index (χ4v) is 6.25. The molecule has 1 heterocycles. The van der Waals surface area contributed by atoms with Crippen molar-refractivity contribution >= 4 is 29.8 Å². The number of hydrogen-bond donors (Lipinski definition) is 1. The SMILES string of the molecule is CC(=O)NC1[C@@H](OC(=O)[C@H](OC(C)=O)c2ccccc2)[C@H]2OC3(CCCCC3)O[C@H]2[C@H]1OC(=O)[C@H](OC(C)=O)c1ccccc1. The van der Waals surface area contributed by atoms with Crippen LogP contribution in [0.3, 0.4) is 0 Å². The topological polar surface area (TPSA) is 153 Å². The number of benzene rings is 2. The van der Waals surface area contributed by atoms with Gasteiger partial charge in [-0.2, -0.15) is 0 Å². The molecule has 1 aliphatic heterocycles. The van der Waals surface area contributed by atoms with E-state index >= 15 is 0 Å². The van der Waals surface area contributed by atoms with Crippen LogP contribution in [-0.4, -0.2) is 66.0 Å². The molecule has 12 nitrogen and oxygen atoms in total. The minimum Gasteiger partial charge on any atom is -0.454 e. The second-order valence-electron chi connectivity index (χ2n) is 11.5. The van der Waals surface area contributed by atoms with Crippen molar-refractivity contribution in [3.05, 3.63) is 71.8 Å². The third kappa shape index (κ3) is 7.34. The zero-order valence-electron chi connectivity index (χ0n) is 25.3. The van der Waals surface area contributed by atoms with E-state index in [1.807, 2.05) is 0 Å². The second kappa shape index (κ2) is 13.8. The smallest absolute Gasteiger partial charge is 0.352 e. The molecule has 1 saturated heterocycles. The average molecular weight is 624 g/mol. The molecule has 1 unspecified atom stereocenters. The number of amides is 1. The van der Waals surface area contributed by atoms with E-state index in [4.69, 9.17) is 28.4 Å². The molecule has 45 heavy (non-hydrogen) atoms. The van der Waals surface area contributed by atoms with Crippen LogP contribution in [0.2, 0.25) is 0 Å². The van der Waals surface area contributed by atoms with Crippen molar-refractivity contribution in [2.75, 3.05) is 0 Å². The fourth-order valence-electron chi connectivity index (χ4n) is 6.25. The molecule has 0 radical (unpaired) electrons. The molecule has 7 atom stereocenters. The van der Waals surface area contributed by atoms with Crippen LogP contribution in [0, 0.1) is 0 Å². The van der Waals surface area contributed by atoms with Crippen molar-refractivity contribution in [1.29, 1.82) is 0 Å². The Kier molecular flexibility index (Phi) is 9.83. The Morgan fingerprint density at radius 3 is 1.49 bits per heavy atom. The van der Waals surface area contributed by atoms with Crippen LogP contribution >= 0.6 is 0 Å². The molecule has 2 saturated carbocycles. The number of rotatable bonds is 9. The first kappa shape index (κ1) is 32.1. The Balaban J connectivity index is 1.48. The van der Waals surface area contributed by atoms with Crippen molar-refractivity contribution in [2.24, 2.45) is 0 Å². The highest BCUT2D eigenvalue weighted by atomic mass is 16.8. The summed E-state index contributed by atoms with van der Waals surface area (Å²) in [5, 5.41) is 2.74. The summed E-state index contributed by atoms with van der Waals surface area (Å²) in [4.78, 5) is 63.8. The van der Waals surface area contributed by atoms with Gasteiger partial charge in [-0.1, -0.05) is 67.1 Å². The average Bonchev–Trinajstić information content (AvgIpc) is 3.48. The number of fused-ring (bicyclic) bond motifs is 1. The van der Waals surface area contributed by atoms with Crippen molar-refractivity contribution in [1.82, 2.24) is 5.32 Å². The minimum atomic E-state index is -1.40. The molecule has 2 aromatic carbocycles. The van der Waals surface area contributed by atoms with Crippen LogP contribution in [0.4, 0.5) is 0 Å². The van der Waals surface area contributed by atoms with Gasteiger partial charge in [0, 0.05) is 44.7 Å². The molecule has 1 spiro atoms. The van der Waals surface area contributed by atoms with E-state index in [9.17, 15) is 24.0 Å². The first-order valence-electron chi connectivity index (χ1n) is 15.0. The molecular weight excluding hydrogens is 586 g/mol. The van der Waals surface area contributed by atoms with Crippen molar-refractivity contribution in [3.63, 3.8) is 0 Å². The summed E-state index contributed by atoms with van der Waals surface area (Å²) >= 11 is 0. The van der Waals surface area contributed by atoms with E-state index < -0.39 is 78.2 Å². The van der Waals surface area contributed by atoms with Crippen molar-refractivity contribution in [2.45, 2.75) is 101 Å². The van der Waals surface area contributed by atoms with Crippen molar-refractivity contribution < 1.29 is 52.4 Å². The standard InChI is InChI=1S/C33H37NO11/c1-19(35)34-24-27(42-31(38)25(40-20(2)36)22-13-7-4-8-14-22)29-30(45-33(44-29)17-11-6-12-18-33)28(24)43-32(39)26(41-21(3)37)23-15-9-5-10-16-23/h4-5,7-10,13-16,24-30H,6,11-12,17-18H2,1-3H3,(H,34,35)/t24?,25-,26-,27-,28+,29-,30+/m1/s1. The largest absolute Gasteiger partial charge is 0.454 e. The highest BCUT2D eigenvalue weighted by molar-refractivity contribution is 5.82. The Bertz CT molecular complexity index is 1300. The number of nitrogens with one attached hydrogen (secondary N) is 1. The van der Waals surface area contributed by atoms with E-state index in [0.29, 0.717) is 24.0 Å². The van der Waals surface area contributed by atoms with E-state index in [1.54, 1.807) is 60.7 Å². The normalized spacial score (nSPS) is 26.2. The molecule has 12 heteroatoms. The Morgan fingerprint density at radius 2 is 1.11 bits per heavy atom. The molecule has 5 rings (SSSR count). The van der Waals surface area contributed by atoms with Crippen molar-refractivity contribution in [3.8, 4) is 0 Å². The van der Waals surface area contributed by atoms with E-state index in [1.165, 1.54) is 20.8 Å². The van der Waals surface area contributed by atoms with Gasteiger partial charge in [0.2, 0.25) is 18.1 Å². The van der Waals surface area contributed by atoms with E-state index in [-0.39, 0.29) is 0 Å². The lowest BCUT2D eigenvalue weighted by molar-refractivity contribution is -0.224. The highest BCUT2D eigenvalue weighted by Crippen LogP contribution is 2.48. The summed E-state index contributed by atoms with van der Waals surface area (Å²) in [6, 6.07) is 15.6. The van der Waals surface area contributed by atoms with E-state index in [2.05, 4.69) is 5.32 Å². The van der Waals surface area contributed by atoms with Gasteiger partial charge in [0.05, 0.1) is 0 Å². The molecule has 3 fully saturated rings. The molecule has 0 bridgehead atoms. The third-order valence-corrected chi connectivity index (χ3v) is 8.07. The molecule has 3 aliphatic rings.